The third-order valence-electron chi connectivity index (χ3n) is 5.10. The number of carboxylic acids is 1. The maximum Gasteiger partial charge on any atom is 0.337 e. The highest BCUT2D eigenvalue weighted by Gasteiger charge is 2.26. The number of benzene rings is 2. The second-order valence-electron chi connectivity index (χ2n) is 6.99. The van der Waals surface area contributed by atoms with Crippen LogP contribution in [-0.2, 0) is 10.0 Å². The van der Waals surface area contributed by atoms with Gasteiger partial charge in [0, 0.05) is 12.4 Å². The lowest BCUT2D eigenvalue weighted by Crippen LogP contribution is -2.34. The van der Waals surface area contributed by atoms with Crippen LogP contribution in [0.5, 0.6) is 5.75 Å². The van der Waals surface area contributed by atoms with Gasteiger partial charge in [0.15, 0.2) is 0 Å². The first-order valence-electron chi connectivity index (χ1n) is 9.49. The summed E-state index contributed by atoms with van der Waals surface area (Å²) >= 11 is 7.14. The lowest BCUT2D eigenvalue weighted by molar-refractivity contribution is 0.0699. The summed E-state index contributed by atoms with van der Waals surface area (Å²) in [6.07, 6.45) is 0. The molecule has 13 heteroatoms. The largest absolute Gasteiger partial charge is 0.495 e. The molecule has 176 valence electrons. The zero-order valence-electron chi connectivity index (χ0n) is 17.6. The number of rotatable bonds is 6. The number of halogens is 1. The maximum absolute atomic E-state index is 13.4. The Bertz CT molecular complexity index is 1670. The molecule has 2 N–H and O–H groups in total. The number of para-hydroxylation sites is 2. The molecule has 2 heterocycles. The Balaban J connectivity index is 1.93. The SMILES string of the molecule is COc1ccccc1N(C)S(=O)(=O)c1ccc(Cl)c(-n2c(=O)[nH]c3scc(C(=O)O)c3c2=O)c1. The third-order valence-corrected chi connectivity index (χ3v) is 8.09. The number of aromatic nitrogens is 2. The zero-order valence-corrected chi connectivity index (χ0v) is 20.0. The van der Waals surface area contributed by atoms with Gasteiger partial charge in [-0.05, 0) is 30.3 Å². The van der Waals surface area contributed by atoms with Crippen molar-refractivity contribution in [3.8, 4) is 11.4 Å². The van der Waals surface area contributed by atoms with Crippen LogP contribution in [0.1, 0.15) is 10.4 Å². The average molecular weight is 522 g/mol. The number of aromatic amines is 1. The fourth-order valence-electron chi connectivity index (χ4n) is 3.40. The van der Waals surface area contributed by atoms with E-state index < -0.39 is 27.2 Å². The van der Waals surface area contributed by atoms with Gasteiger partial charge in [-0.15, -0.1) is 11.3 Å². The maximum atomic E-state index is 13.4. The van der Waals surface area contributed by atoms with Crippen molar-refractivity contribution < 1.29 is 23.1 Å². The predicted molar refractivity (Wildman–Crippen MR) is 129 cm³/mol. The van der Waals surface area contributed by atoms with Gasteiger partial charge in [-0.2, -0.15) is 0 Å². The first-order valence-corrected chi connectivity index (χ1v) is 12.2. The summed E-state index contributed by atoms with van der Waals surface area (Å²) < 4.78 is 33.6. The van der Waals surface area contributed by atoms with Crippen LogP contribution in [0, 0.1) is 0 Å². The first kappa shape index (κ1) is 23.5. The number of nitrogens with one attached hydrogen (secondary N) is 1. The van der Waals surface area contributed by atoms with Crippen molar-refractivity contribution in [2.45, 2.75) is 4.90 Å². The monoisotopic (exact) mass is 521 g/mol. The fraction of sp³-hybridized carbons (Fsp3) is 0.0952. The third kappa shape index (κ3) is 3.75. The molecule has 0 unspecified atom stereocenters. The minimum Gasteiger partial charge on any atom is -0.495 e. The van der Waals surface area contributed by atoms with Gasteiger partial charge in [-0.1, -0.05) is 23.7 Å². The minimum atomic E-state index is -4.18. The molecule has 2 aromatic carbocycles. The van der Waals surface area contributed by atoms with Crippen molar-refractivity contribution in [3.63, 3.8) is 0 Å². The quantitative estimate of drug-likeness (QED) is 0.397. The van der Waals surface area contributed by atoms with Crippen LogP contribution in [0.25, 0.3) is 15.9 Å². The number of sulfonamides is 1. The van der Waals surface area contributed by atoms with E-state index in [4.69, 9.17) is 16.3 Å². The van der Waals surface area contributed by atoms with E-state index in [2.05, 4.69) is 4.98 Å². The average Bonchev–Trinajstić information content (AvgIpc) is 3.24. The van der Waals surface area contributed by atoms with Gasteiger partial charge in [0.1, 0.15) is 10.6 Å². The van der Waals surface area contributed by atoms with Crippen molar-refractivity contribution in [2.75, 3.05) is 18.5 Å². The molecule has 10 nitrogen and oxygen atoms in total. The van der Waals surface area contributed by atoms with Gasteiger partial charge in [0.05, 0.1) is 39.4 Å². The standard InChI is InChI=1S/C21H16ClN3O7S2/c1-24(14-5-3-4-6-16(14)32-2)34(30,31)11-7-8-13(22)15(9-11)25-19(26)17-12(20(27)28)10-33-18(17)23-21(25)29/h3-10H,1-2H3,(H,23,29)(H,27,28). The van der Waals surface area contributed by atoms with Crippen molar-refractivity contribution in [1.82, 2.24) is 9.55 Å². The van der Waals surface area contributed by atoms with Crippen LogP contribution in [-0.4, -0.2) is 43.2 Å². The Hall–Kier alpha value is -3.61. The topological polar surface area (TPSA) is 139 Å². The molecule has 0 aliphatic carbocycles. The number of thiophene rings is 1. The molecule has 0 atom stereocenters. The molecular formula is C21H16ClN3O7S2. The summed E-state index contributed by atoms with van der Waals surface area (Å²) in [7, 11) is -1.44. The van der Waals surface area contributed by atoms with Gasteiger partial charge in [-0.3, -0.25) is 14.1 Å². The number of hydrogen-bond acceptors (Lipinski definition) is 7. The number of hydrogen-bond donors (Lipinski definition) is 2. The van der Waals surface area contributed by atoms with Crippen LogP contribution in [0.3, 0.4) is 0 Å². The second kappa shape index (κ2) is 8.63. The number of fused-ring (bicyclic) bond motifs is 1. The Morgan fingerprint density at radius 3 is 2.59 bits per heavy atom. The van der Waals surface area contributed by atoms with E-state index in [9.17, 15) is 27.9 Å². The molecule has 0 spiro atoms. The molecule has 34 heavy (non-hydrogen) atoms. The van der Waals surface area contributed by atoms with E-state index in [-0.39, 0.29) is 37.1 Å². The van der Waals surface area contributed by atoms with Crippen LogP contribution < -0.4 is 20.3 Å². The number of methoxy groups -OCH3 is 1. The summed E-state index contributed by atoms with van der Waals surface area (Å²) in [4.78, 5) is 39.7. The number of anilines is 1. The van der Waals surface area contributed by atoms with Gasteiger partial charge >= 0.3 is 11.7 Å². The fourth-order valence-corrected chi connectivity index (χ4v) is 5.74. The van der Waals surface area contributed by atoms with Crippen molar-refractivity contribution in [3.05, 3.63) is 79.3 Å². The van der Waals surface area contributed by atoms with Crippen LogP contribution in [0.2, 0.25) is 5.02 Å². The molecule has 2 aromatic heterocycles. The summed E-state index contributed by atoms with van der Waals surface area (Å²) in [5, 5.41) is 10.3. The van der Waals surface area contributed by atoms with Gasteiger partial charge in [0.25, 0.3) is 15.6 Å². The molecule has 0 saturated carbocycles. The Morgan fingerprint density at radius 2 is 1.91 bits per heavy atom. The zero-order chi connectivity index (χ0) is 24.8. The van der Waals surface area contributed by atoms with E-state index in [0.717, 1.165) is 21.7 Å². The van der Waals surface area contributed by atoms with E-state index in [1.165, 1.54) is 31.7 Å². The predicted octanol–water partition coefficient (Wildman–Crippen LogP) is 2.93. The number of carbonyl (C=O) groups is 1. The molecule has 4 rings (SSSR count). The molecule has 0 radical (unpaired) electrons. The summed E-state index contributed by atoms with van der Waals surface area (Å²) in [5.41, 5.74) is -2.07. The Labute approximate surface area is 201 Å². The van der Waals surface area contributed by atoms with Crippen molar-refractivity contribution >= 4 is 54.8 Å². The Kier molecular flexibility index (Phi) is 5.98. The van der Waals surface area contributed by atoms with Gasteiger partial charge in [0.2, 0.25) is 0 Å². The number of aromatic carboxylic acids is 1. The molecule has 0 aliphatic heterocycles. The molecular weight excluding hydrogens is 506 g/mol. The summed E-state index contributed by atoms with van der Waals surface area (Å²) in [6.45, 7) is 0. The summed E-state index contributed by atoms with van der Waals surface area (Å²) in [5.74, 6) is -1.03. The molecule has 0 fully saturated rings. The van der Waals surface area contributed by atoms with E-state index in [1.54, 1.807) is 24.3 Å². The van der Waals surface area contributed by atoms with Gasteiger partial charge < -0.3 is 9.84 Å². The molecule has 0 bridgehead atoms. The lowest BCUT2D eigenvalue weighted by atomic mass is 10.2. The normalized spacial score (nSPS) is 11.5. The number of carboxylic acid groups (broad SMARTS) is 1. The van der Waals surface area contributed by atoms with Gasteiger partial charge in [-0.25, -0.2) is 22.6 Å². The van der Waals surface area contributed by atoms with Crippen LogP contribution in [0.4, 0.5) is 5.69 Å². The first-order chi connectivity index (χ1) is 16.1. The molecule has 0 saturated heterocycles. The highest BCUT2D eigenvalue weighted by Crippen LogP contribution is 2.32. The van der Waals surface area contributed by atoms with Crippen LogP contribution >= 0.6 is 22.9 Å². The number of ether oxygens (including phenoxy) is 1. The Morgan fingerprint density at radius 1 is 1.21 bits per heavy atom. The van der Waals surface area contributed by atoms with Crippen molar-refractivity contribution in [2.24, 2.45) is 0 Å². The highest BCUT2D eigenvalue weighted by atomic mass is 35.5. The molecule has 4 aromatic rings. The smallest absolute Gasteiger partial charge is 0.337 e. The van der Waals surface area contributed by atoms with Crippen LogP contribution in [0.15, 0.2) is 62.3 Å². The number of nitrogens with zero attached hydrogens (tertiary/aromatic N) is 2. The highest BCUT2D eigenvalue weighted by molar-refractivity contribution is 7.92. The van der Waals surface area contributed by atoms with Crippen molar-refractivity contribution in [1.29, 1.82) is 0 Å². The van der Waals surface area contributed by atoms with E-state index >= 15 is 0 Å². The van der Waals surface area contributed by atoms with E-state index in [0.29, 0.717) is 10.3 Å². The minimum absolute atomic E-state index is 0.0828. The lowest BCUT2D eigenvalue weighted by Gasteiger charge is -2.22. The summed E-state index contributed by atoms with van der Waals surface area (Å²) in [6, 6.07) is 10.0. The molecule has 0 amide bonds. The van der Waals surface area contributed by atoms with E-state index in [1.807, 2.05) is 0 Å². The second-order valence-corrected chi connectivity index (χ2v) is 10.2. The number of H-pyrrole nitrogens is 1. The molecule has 0 aliphatic rings.